The fourth-order valence-electron chi connectivity index (χ4n) is 1.42. The first kappa shape index (κ1) is 15.7. The number of rotatable bonds is 6. The Morgan fingerprint density at radius 1 is 1.40 bits per heavy atom. The van der Waals surface area contributed by atoms with E-state index in [1.54, 1.807) is 12.3 Å². The normalized spacial score (nSPS) is 9.45. The zero-order valence-corrected chi connectivity index (χ0v) is 11.1. The molecule has 1 heterocycles. The first-order valence-corrected chi connectivity index (χ1v) is 6.24. The van der Waals surface area contributed by atoms with E-state index in [1.165, 1.54) is 6.20 Å². The van der Waals surface area contributed by atoms with E-state index in [4.69, 9.17) is 10.8 Å². The Hall–Kier alpha value is -2.39. The van der Waals surface area contributed by atoms with Gasteiger partial charge in [-0.1, -0.05) is 11.8 Å². The number of amides is 2. The smallest absolute Gasteiger partial charge is 0.252 e. The second kappa shape index (κ2) is 8.67. The Bertz CT molecular complexity index is 532. The SMILES string of the molecule is NC(=O)CCCNC(=O)c1cncc(C#CCCO)c1. The molecule has 0 radical (unpaired) electrons. The summed E-state index contributed by atoms with van der Waals surface area (Å²) in [5.74, 6) is 4.91. The van der Waals surface area contributed by atoms with Crippen LogP contribution in [0.2, 0.25) is 0 Å². The third-order valence-corrected chi connectivity index (χ3v) is 2.36. The molecule has 0 aromatic carbocycles. The minimum Gasteiger partial charge on any atom is -0.395 e. The van der Waals surface area contributed by atoms with Crippen molar-refractivity contribution in [1.29, 1.82) is 0 Å². The maximum Gasteiger partial charge on any atom is 0.252 e. The lowest BCUT2D eigenvalue weighted by atomic mass is 10.2. The van der Waals surface area contributed by atoms with Crippen molar-refractivity contribution < 1.29 is 14.7 Å². The second-order valence-corrected chi connectivity index (χ2v) is 4.06. The summed E-state index contributed by atoms with van der Waals surface area (Å²) < 4.78 is 0. The van der Waals surface area contributed by atoms with Gasteiger partial charge in [0.1, 0.15) is 0 Å². The molecule has 0 saturated heterocycles. The third-order valence-electron chi connectivity index (χ3n) is 2.36. The molecule has 0 atom stereocenters. The van der Waals surface area contributed by atoms with E-state index >= 15 is 0 Å². The summed E-state index contributed by atoms with van der Waals surface area (Å²) in [7, 11) is 0. The van der Waals surface area contributed by atoms with Crippen molar-refractivity contribution in [2.45, 2.75) is 19.3 Å². The molecule has 6 nitrogen and oxygen atoms in total. The Kier molecular flexibility index (Phi) is 6.79. The number of pyridine rings is 1. The van der Waals surface area contributed by atoms with Gasteiger partial charge in [-0.3, -0.25) is 14.6 Å². The highest BCUT2D eigenvalue weighted by molar-refractivity contribution is 5.94. The number of aliphatic hydroxyl groups excluding tert-OH is 1. The standard InChI is InChI=1S/C14H17N3O3/c15-13(19)5-3-6-17-14(20)12-8-11(9-16-10-12)4-1-2-7-18/h8-10,18H,2-3,5-7H2,(H2,15,19)(H,17,20). The van der Waals surface area contributed by atoms with Crippen LogP contribution in [0.3, 0.4) is 0 Å². The predicted molar refractivity (Wildman–Crippen MR) is 73.6 cm³/mol. The second-order valence-electron chi connectivity index (χ2n) is 4.06. The highest BCUT2D eigenvalue weighted by Crippen LogP contribution is 2.01. The summed E-state index contributed by atoms with van der Waals surface area (Å²) in [5.41, 5.74) is 6.02. The molecular formula is C14H17N3O3. The van der Waals surface area contributed by atoms with Gasteiger partial charge in [-0.25, -0.2) is 0 Å². The van der Waals surface area contributed by atoms with Crippen LogP contribution in [0.15, 0.2) is 18.5 Å². The number of nitrogens with zero attached hydrogens (tertiary/aromatic N) is 1. The summed E-state index contributed by atoms with van der Waals surface area (Å²) in [6, 6.07) is 1.63. The summed E-state index contributed by atoms with van der Waals surface area (Å²) in [6.45, 7) is 0.378. The molecule has 0 aliphatic carbocycles. The van der Waals surface area contributed by atoms with Crippen molar-refractivity contribution >= 4 is 11.8 Å². The maximum atomic E-state index is 11.8. The van der Waals surface area contributed by atoms with Crippen LogP contribution in [0, 0.1) is 11.8 Å². The number of hydrogen-bond acceptors (Lipinski definition) is 4. The lowest BCUT2D eigenvalue weighted by molar-refractivity contribution is -0.118. The maximum absolute atomic E-state index is 11.8. The van der Waals surface area contributed by atoms with Crippen LogP contribution in [0.5, 0.6) is 0 Å². The zero-order valence-electron chi connectivity index (χ0n) is 11.1. The van der Waals surface area contributed by atoms with Crippen LogP contribution in [0.4, 0.5) is 0 Å². The van der Waals surface area contributed by atoms with Gasteiger partial charge in [-0.2, -0.15) is 0 Å². The zero-order chi connectivity index (χ0) is 14.8. The van der Waals surface area contributed by atoms with Gasteiger partial charge < -0.3 is 16.2 Å². The van der Waals surface area contributed by atoms with Crippen molar-refractivity contribution in [2.24, 2.45) is 5.73 Å². The largest absolute Gasteiger partial charge is 0.395 e. The molecule has 1 rings (SSSR count). The molecule has 0 bridgehead atoms. The molecule has 1 aromatic rings. The van der Waals surface area contributed by atoms with Crippen molar-refractivity contribution in [1.82, 2.24) is 10.3 Å². The molecule has 20 heavy (non-hydrogen) atoms. The van der Waals surface area contributed by atoms with Crippen LogP contribution in [0.1, 0.15) is 35.2 Å². The highest BCUT2D eigenvalue weighted by atomic mass is 16.2. The van der Waals surface area contributed by atoms with Crippen LogP contribution in [-0.2, 0) is 4.79 Å². The molecule has 0 unspecified atom stereocenters. The number of nitrogens with two attached hydrogens (primary N) is 1. The first-order chi connectivity index (χ1) is 9.63. The van der Waals surface area contributed by atoms with E-state index in [9.17, 15) is 9.59 Å². The van der Waals surface area contributed by atoms with E-state index < -0.39 is 0 Å². The molecule has 0 saturated carbocycles. The van der Waals surface area contributed by atoms with E-state index in [-0.39, 0.29) is 24.8 Å². The molecule has 6 heteroatoms. The number of aromatic nitrogens is 1. The monoisotopic (exact) mass is 275 g/mol. The van der Waals surface area contributed by atoms with Crippen molar-refractivity contribution in [3.63, 3.8) is 0 Å². The summed E-state index contributed by atoms with van der Waals surface area (Å²) >= 11 is 0. The lowest BCUT2D eigenvalue weighted by Crippen LogP contribution is -2.25. The Balaban J connectivity index is 2.54. The van der Waals surface area contributed by atoms with Gasteiger partial charge in [0.2, 0.25) is 5.91 Å². The Labute approximate surface area is 117 Å². The number of carbonyl (C=O) groups is 2. The van der Waals surface area contributed by atoms with E-state index in [1.807, 2.05) is 0 Å². The number of hydrogen-bond donors (Lipinski definition) is 3. The molecule has 1 aromatic heterocycles. The van der Waals surface area contributed by atoms with Crippen LogP contribution < -0.4 is 11.1 Å². The summed E-state index contributed by atoms with van der Waals surface area (Å²) in [4.78, 5) is 26.3. The molecule has 2 amide bonds. The fourth-order valence-corrected chi connectivity index (χ4v) is 1.42. The van der Waals surface area contributed by atoms with E-state index in [0.717, 1.165) is 0 Å². The topological polar surface area (TPSA) is 105 Å². The first-order valence-electron chi connectivity index (χ1n) is 6.24. The Morgan fingerprint density at radius 3 is 2.90 bits per heavy atom. The number of carbonyl (C=O) groups excluding carboxylic acids is 2. The molecule has 0 aliphatic heterocycles. The van der Waals surface area contributed by atoms with Crippen LogP contribution in [-0.4, -0.2) is 35.1 Å². The molecule has 0 aliphatic rings. The molecule has 0 fully saturated rings. The van der Waals surface area contributed by atoms with Crippen LogP contribution >= 0.6 is 0 Å². The average molecular weight is 275 g/mol. The Morgan fingerprint density at radius 2 is 2.20 bits per heavy atom. The lowest BCUT2D eigenvalue weighted by Gasteiger charge is -2.04. The van der Waals surface area contributed by atoms with Gasteiger partial charge in [0, 0.05) is 37.3 Å². The quantitative estimate of drug-likeness (QED) is 0.494. The summed E-state index contributed by atoms with van der Waals surface area (Å²) in [6.07, 6.45) is 4.12. The minimum atomic E-state index is -0.387. The van der Waals surface area contributed by atoms with Gasteiger partial charge in [0.25, 0.3) is 5.91 Å². The van der Waals surface area contributed by atoms with Gasteiger partial charge in [-0.15, -0.1) is 0 Å². The van der Waals surface area contributed by atoms with Crippen LogP contribution in [0.25, 0.3) is 0 Å². The highest BCUT2D eigenvalue weighted by Gasteiger charge is 2.06. The van der Waals surface area contributed by atoms with Gasteiger partial charge in [0.05, 0.1) is 12.2 Å². The fraction of sp³-hybridized carbons (Fsp3) is 0.357. The number of nitrogens with one attached hydrogen (secondary N) is 1. The molecule has 4 N–H and O–H groups in total. The number of aliphatic hydroxyl groups is 1. The van der Waals surface area contributed by atoms with Crippen molar-refractivity contribution in [3.05, 3.63) is 29.6 Å². The average Bonchev–Trinajstić information content (AvgIpc) is 2.44. The molecule has 0 spiro atoms. The molecule has 106 valence electrons. The number of primary amides is 1. The van der Waals surface area contributed by atoms with Gasteiger partial charge in [0.15, 0.2) is 0 Å². The predicted octanol–water partition coefficient (Wildman–Crippen LogP) is -0.189. The summed E-state index contributed by atoms with van der Waals surface area (Å²) in [5, 5.41) is 11.3. The van der Waals surface area contributed by atoms with Crippen molar-refractivity contribution in [2.75, 3.05) is 13.2 Å². The van der Waals surface area contributed by atoms with Gasteiger partial charge >= 0.3 is 0 Å². The van der Waals surface area contributed by atoms with Crippen molar-refractivity contribution in [3.8, 4) is 11.8 Å². The minimum absolute atomic E-state index is 0.000465. The van der Waals surface area contributed by atoms with E-state index in [0.29, 0.717) is 30.5 Å². The van der Waals surface area contributed by atoms with E-state index in [2.05, 4.69) is 22.1 Å². The van der Waals surface area contributed by atoms with Gasteiger partial charge in [-0.05, 0) is 12.5 Å². The molecular weight excluding hydrogens is 258 g/mol. The third kappa shape index (κ3) is 5.98.